The average Bonchev–Trinajstić information content (AvgIpc) is 2.57. The molecule has 0 atom stereocenters. The Labute approximate surface area is 142 Å². The van der Waals surface area contributed by atoms with E-state index in [0.29, 0.717) is 17.1 Å². The van der Waals surface area contributed by atoms with E-state index in [1.54, 1.807) is 26.0 Å². The SMILES string of the molecule is COc1nc(C)c(NS(=O)(=O)c2ccc3c(c2)CCCC3)c(C)n1. The molecule has 0 aliphatic heterocycles. The lowest BCUT2D eigenvalue weighted by Crippen LogP contribution is -2.17. The summed E-state index contributed by atoms with van der Waals surface area (Å²) >= 11 is 0. The first-order chi connectivity index (χ1) is 11.4. The van der Waals surface area contributed by atoms with Crippen molar-refractivity contribution in [2.45, 2.75) is 44.4 Å². The normalized spacial score (nSPS) is 14.1. The van der Waals surface area contributed by atoms with Gasteiger partial charge in [-0.05, 0) is 62.8 Å². The van der Waals surface area contributed by atoms with Crippen molar-refractivity contribution >= 4 is 15.7 Å². The standard InChI is InChI=1S/C17H21N3O3S/c1-11-16(12(2)19-17(18-11)23-3)20-24(21,22)15-9-8-13-6-4-5-7-14(13)10-15/h8-10,20H,4-7H2,1-3H3. The van der Waals surface area contributed by atoms with Gasteiger partial charge in [-0.1, -0.05) is 6.07 Å². The van der Waals surface area contributed by atoms with Crippen molar-refractivity contribution in [3.05, 3.63) is 40.7 Å². The van der Waals surface area contributed by atoms with Crippen LogP contribution >= 0.6 is 0 Å². The van der Waals surface area contributed by atoms with E-state index in [1.807, 2.05) is 6.07 Å². The lowest BCUT2D eigenvalue weighted by atomic mass is 9.92. The third-order valence-electron chi connectivity index (χ3n) is 4.30. The first-order valence-corrected chi connectivity index (χ1v) is 9.43. The number of hydrogen-bond donors (Lipinski definition) is 1. The molecule has 7 heteroatoms. The topological polar surface area (TPSA) is 81.2 Å². The van der Waals surface area contributed by atoms with Gasteiger partial charge in [0.25, 0.3) is 10.0 Å². The van der Waals surface area contributed by atoms with E-state index in [-0.39, 0.29) is 10.9 Å². The molecule has 6 nitrogen and oxygen atoms in total. The van der Waals surface area contributed by atoms with Crippen LogP contribution in [0.15, 0.2) is 23.1 Å². The van der Waals surface area contributed by atoms with Crippen LogP contribution in [0.3, 0.4) is 0 Å². The van der Waals surface area contributed by atoms with Crippen molar-refractivity contribution in [1.29, 1.82) is 0 Å². The molecule has 0 amide bonds. The molecule has 0 bridgehead atoms. The van der Waals surface area contributed by atoms with E-state index < -0.39 is 10.0 Å². The maximum atomic E-state index is 12.7. The molecule has 2 aromatic rings. The summed E-state index contributed by atoms with van der Waals surface area (Å²) in [7, 11) is -2.20. The maximum absolute atomic E-state index is 12.7. The monoisotopic (exact) mass is 347 g/mol. The van der Waals surface area contributed by atoms with Gasteiger partial charge >= 0.3 is 6.01 Å². The van der Waals surface area contributed by atoms with Crippen molar-refractivity contribution in [1.82, 2.24) is 9.97 Å². The number of nitrogens with one attached hydrogen (secondary N) is 1. The van der Waals surface area contributed by atoms with Crippen LogP contribution in [0, 0.1) is 13.8 Å². The van der Waals surface area contributed by atoms with Crippen molar-refractivity contribution in [2.75, 3.05) is 11.8 Å². The zero-order chi connectivity index (χ0) is 17.3. The molecule has 0 fully saturated rings. The van der Waals surface area contributed by atoms with Crippen LogP contribution in [0.5, 0.6) is 6.01 Å². The highest BCUT2D eigenvalue weighted by molar-refractivity contribution is 7.92. The van der Waals surface area contributed by atoms with Gasteiger partial charge in [0.2, 0.25) is 0 Å². The highest BCUT2D eigenvalue weighted by atomic mass is 32.2. The van der Waals surface area contributed by atoms with E-state index in [1.165, 1.54) is 19.1 Å². The Balaban J connectivity index is 1.95. The molecule has 0 saturated carbocycles. The van der Waals surface area contributed by atoms with E-state index in [0.717, 1.165) is 24.8 Å². The van der Waals surface area contributed by atoms with Gasteiger partial charge in [-0.2, -0.15) is 9.97 Å². The molecule has 0 radical (unpaired) electrons. The number of rotatable bonds is 4. The molecule has 1 heterocycles. The van der Waals surface area contributed by atoms with E-state index in [2.05, 4.69) is 14.7 Å². The summed E-state index contributed by atoms with van der Waals surface area (Å²) in [5.41, 5.74) is 3.83. The summed E-state index contributed by atoms with van der Waals surface area (Å²) in [5.74, 6) is 0. The van der Waals surface area contributed by atoms with Gasteiger partial charge in [-0.25, -0.2) is 8.42 Å². The Morgan fingerprint density at radius 2 is 1.67 bits per heavy atom. The summed E-state index contributed by atoms with van der Waals surface area (Å²) in [6.07, 6.45) is 4.23. The van der Waals surface area contributed by atoms with Gasteiger partial charge < -0.3 is 4.74 Å². The summed E-state index contributed by atoms with van der Waals surface area (Å²) in [6, 6.07) is 5.60. The lowest BCUT2D eigenvalue weighted by Gasteiger charge is -2.17. The van der Waals surface area contributed by atoms with Crippen LogP contribution in [0.25, 0.3) is 0 Å². The van der Waals surface area contributed by atoms with Gasteiger partial charge in [0.15, 0.2) is 0 Å². The molecular weight excluding hydrogens is 326 g/mol. The molecule has 24 heavy (non-hydrogen) atoms. The van der Waals surface area contributed by atoms with Gasteiger partial charge in [-0.15, -0.1) is 0 Å². The fourth-order valence-electron chi connectivity index (χ4n) is 2.99. The Hall–Kier alpha value is -2.15. The highest BCUT2D eigenvalue weighted by Gasteiger charge is 2.20. The molecule has 1 aliphatic rings. The van der Waals surface area contributed by atoms with E-state index in [4.69, 9.17) is 4.74 Å². The predicted molar refractivity (Wildman–Crippen MR) is 92.0 cm³/mol. The molecule has 1 N–H and O–H groups in total. The number of methoxy groups -OCH3 is 1. The predicted octanol–water partition coefficient (Wildman–Crippen LogP) is 2.78. The second-order valence-electron chi connectivity index (χ2n) is 6.00. The number of hydrogen-bond acceptors (Lipinski definition) is 5. The van der Waals surface area contributed by atoms with Crippen LogP contribution in [-0.4, -0.2) is 25.5 Å². The summed E-state index contributed by atoms with van der Waals surface area (Å²) < 4.78 is 33.1. The highest BCUT2D eigenvalue weighted by Crippen LogP contribution is 2.27. The summed E-state index contributed by atoms with van der Waals surface area (Å²) in [5, 5.41) is 0. The number of benzene rings is 1. The Bertz CT molecular complexity index is 856. The number of aromatic nitrogens is 2. The van der Waals surface area contributed by atoms with Crippen molar-refractivity contribution in [2.24, 2.45) is 0 Å². The zero-order valence-electron chi connectivity index (χ0n) is 14.1. The minimum Gasteiger partial charge on any atom is -0.467 e. The molecule has 1 aromatic heterocycles. The second-order valence-corrected chi connectivity index (χ2v) is 7.68. The molecule has 0 spiro atoms. The molecule has 0 saturated heterocycles. The van der Waals surface area contributed by atoms with Crippen LogP contribution in [0.2, 0.25) is 0 Å². The number of sulfonamides is 1. The first-order valence-electron chi connectivity index (χ1n) is 7.94. The molecule has 3 rings (SSSR count). The number of aryl methyl sites for hydroxylation is 4. The Morgan fingerprint density at radius 1 is 1.04 bits per heavy atom. The minimum absolute atomic E-state index is 0.224. The van der Waals surface area contributed by atoms with Gasteiger partial charge in [-0.3, -0.25) is 4.72 Å². The van der Waals surface area contributed by atoms with E-state index in [9.17, 15) is 8.42 Å². The maximum Gasteiger partial charge on any atom is 0.316 e. The quantitative estimate of drug-likeness (QED) is 0.920. The molecular formula is C17H21N3O3S. The molecule has 128 valence electrons. The molecule has 1 aromatic carbocycles. The third-order valence-corrected chi connectivity index (χ3v) is 5.65. The fraction of sp³-hybridized carbons (Fsp3) is 0.412. The van der Waals surface area contributed by atoms with Gasteiger partial charge in [0, 0.05) is 0 Å². The van der Waals surface area contributed by atoms with Crippen LogP contribution in [0.1, 0.15) is 35.4 Å². The number of anilines is 1. The fourth-order valence-corrected chi connectivity index (χ4v) is 4.22. The van der Waals surface area contributed by atoms with E-state index >= 15 is 0 Å². The van der Waals surface area contributed by atoms with Crippen LogP contribution in [0.4, 0.5) is 5.69 Å². The number of fused-ring (bicyclic) bond motifs is 1. The Morgan fingerprint density at radius 3 is 2.29 bits per heavy atom. The number of nitrogens with zero attached hydrogens (tertiary/aromatic N) is 2. The average molecular weight is 347 g/mol. The van der Waals surface area contributed by atoms with Crippen LogP contribution in [-0.2, 0) is 22.9 Å². The van der Waals surface area contributed by atoms with Crippen molar-refractivity contribution < 1.29 is 13.2 Å². The lowest BCUT2D eigenvalue weighted by molar-refractivity contribution is 0.378. The summed E-state index contributed by atoms with van der Waals surface area (Å²) in [6.45, 7) is 3.45. The largest absolute Gasteiger partial charge is 0.467 e. The van der Waals surface area contributed by atoms with Gasteiger partial charge in [0.1, 0.15) is 0 Å². The smallest absolute Gasteiger partial charge is 0.316 e. The van der Waals surface area contributed by atoms with Gasteiger partial charge in [0.05, 0.1) is 29.1 Å². The minimum atomic E-state index is -3.68. The van der Waals surface area contributed by atoms with Crippen molar-refractivity contribution in [3.8, 4) is 6.01 Å². The zero-order valence-corrected chi connectivity index (χ0v) is 14.9. The Kier molecular flexibility index (Phi) is 4.45. The summed E-state index contributed by atoms with van der Waals surface area (Å²) in [4.78, 5) is 8.56. The third kappa shape index (κ3) is 3.21. The number of ether oxygens (including phenoxy) is 1. The second kappa shape index (κ2) is 6.39. The first kappa shape index (κ1) is 16.7. The van der Waals surface area contributed by atoms with Crippen molar-refractivity contribution in [3.63, 3.8) is 0 Å². The molecule has 1 aliphatic carbocycles. The van der Waals surface area contributed by atoms with Crippen LogP contribution < -0.4 is 9.46 Å². The molecule has 0 unspecified atom stereocenters.